The lowest BCUT2D eigenvalue weighted by molar-refractivity contribution is 0.509. The zero-order chi connectivity index (χ0) is 14.1. The minimum Gasteiger partial charge on any atom is -0.398 e. The SMILES string of the molecule is Nc1ccc(Nc2ccc(F)c(F)c2)c2ccncc12. The number of anilines is 3. The fraction of sp³-hybridized carbons (Fsp3) is 0. The van der Waals surface area contributed by atoms with Crippen LogP contribution >= 0.6 is 0 Å². The molecule has 3 aromatic rings. The van der Waals surface area contributed by atoms with Gasteiger partial charge in [0.1, 0.15) is 0 Å². The molecule has 0 amide bonds. The van der Waals surface area contributed by atoms with Crippen molar-refractivity contribution in [2.24, 2.45) is 0 Å². The second-order valence-corrected chi connectivity index (χ2v) is 4.38. The summed E-state index contributed by atoms with van der Waals surface area (Å²) in [6.45, 7) is 0. The smallest absolute Gasteiger partial charge is 0.160 e. The molecule has 0 saturated carbocycles. The second-order valence-electron chi connectivity index (χ2n) is 4.38. The molecule has 1 aromatic heterocycles. The summed E-state index contributed by atoms with van der Waals surface area (Å²) in [5.41, 5.74) is 7.72. The Kier molecular flexibility index (Phi) is 2.95. The Morgan fingerprint density at radius 3 is 2.60 bits per heavy atom. The maximum atomic E-state index is 13.2. The highest BCUT2D eigenvalue weighted by Crippen LogP contribution is 2.30. The summed E-state index contributed by atoms with van der Waals surface area (Å²) < 4.78 is 26.1. The van der Waals surface area contributed by atoms with E-state index in [-0.39, 0.29) is 0 Å². The van der Waals surface area contributed by atoms with Crippen molar-refractivity contribution < 1.29 is 8.78 Å². The van der Waals surface area contributed by atoms with Crippen LogP contribution in [0.4, 0.5) is 25.8 Å². The van der Waals surface area contributed by atoms with Gasteiger partial charge in [-0.3, -0.25) is 4.98 Å². The summed E-state index contributed by atoms with van der Waals surface area (Å²) in [7, 11) is 0. The van der Waals surface area contributed by atoms with Gasteiger partial charge in [0.25, 0.3) is 0 Å². The van der Waals surface area contributed by atoms with E-state index in [0.717, 1.165) is 28.6 Å². The maximum absolute atomic E-state index is 13.2. The highest BCUT2D eigenvalue weighted by atomic mass is 19.2. The molecule has 3 nitrogen and oxygen atoms in total. The van der Waals surface area contributed by atoms with Gasteiger partial charge in [-0.1, -0.05) is 0 Å². The number of nitrogen functional groups attached to an aromatic ring is 1. The van der Waals surface area contributed by atoms with Crippen LogP contribution in [0, 0.1) is 11.6 Å². The van der Waals surface area contributed by atoms with E-state index in [1.54, 1.807) is 24.5 Å². The topological polar surface area (TPSA) is 50.9 Å². The first-order valence-electron chi connectivity index (χ1n) is 5.99. The molecule has 0 aliphatic rings. The largest absolute Gasteiger partial charge is 0.398 e. The van der Waals surface area contributed by atoms with Gasteiger partial charge < -0.3 is 11.1 Å². The van der Waals surface area contributed by atoms with Crippen LogP contribution in [0.25, 0.3) is 10.8 Å². The van der Waals surface area contributed by atoms with Crippen LogP contribution in [0.3, 0.4) is 0 Å². The van der Waals surface area contributed by atoms with Crippen LogP contribution in [-0.4, -0.2) is 4.98 Å². The lowest BCUT2D eigenvalue weighted by Crippen LogP contribution is -1.96. The van der Waals surface area contributed by atoms with Gasteiger partial charge in [0.2, 0.25) is 0 Å². The Balaban J connectivity index is 2.06. The van der Waals surface area contributed by atoms with Crippen LogP contribution in [0.2, 0.25) is 0 Å². The van der Waals surface area contributed by atoms with Gasteiger partial charge in [0.05, 0.1) is 0 Å². The first-order valence-corrected chi connectivity index (χ1v) is 5.99. The molecule has 0 aliphatic heterocycles. The molecular weight excluding hydrogens is 260 g/mol. The van der Waals surface area contributed by atoms with Gasteiger partial charge >= 0.3 is 0 Å². The summed E-state index contributed by atoms with van der Waals surface area (Å²) in [5.74, 6) is -1.77. The molecule has 0 radical (unpaired) electrons. The Morgan fingerprint density at radius 2 is 1.80 bits per heavy atom. The Labute approximate surface area is 114 Å². The Morgan fingerprint density at radius 1 is 0.950 bits per heavy atom. The molecule has 0 unspecified atom stereocenters. The van der Waals surface area contributed by atoms with Crippen LogP contribution in [0.5, 0.6) is 0 Å². The average Bonchev–Trinajstić information content (AvgIpc) is 2.46. The zero-order valence-corrected chi connectivity index (χ0v) is 10.4. The first-order chi connectivity index (χ1) is 9.65. The molecule has 0 saturated heterocycles. The van der Waals surface area contributed by atoms with Crippen molar-refractivity contribution in [2.45, 2.75) is 0 Å². The van der Waals surface area contributed by atoms with Crippen molar-refractivity contribution in [2.75, 3.05) is 11.1 Å². The summed E-state index contributed by atoms with van der Waals surface area (Å²) in [5, 5.41) is 4.72. The summed E-state index contributed by atoms with van der Waals surface area (Å²) in [6.07, 6.45) is 3.32. The van der Waals surface area contributed by atoms with Gasteiger partial charge in [-0.2, -0.15) is 0 Å². The van der Waals surface area contributed by atoms with Crippen LogP contribution < -0.4 is 11.1 Å². The molecule has 2 aromatic carbocycles. The number of hydrogen-bond donors (Lipinski definition) is 2. The molecule has 1 heterocycles. The normalized spacial score (nSPS) is 10.7. The standard InChI is InChI=1S/C15H11F2N3/c16-12-2-1-9(7-13(12)17)20-15-4-3-14(18)11-8-19-6-5-10(11)15/h1-8,20H,18H2. The number of fused-ring (bicyclic) bond motifs is 1. The van der Waals surface area contributed by atoms with Crippen LogP contribution in [0.1, 0.15) is 0 Å². The molecule has 20 heavy (non-hydrogen) atoms. The minimum atomic E-state index is -0.892. The van der Waals surface area contributed by atoms with E-state index in [9.17, 15) is 8.78 Å². The molecule has 100 valence electrons. The van der Waals surface area contributed by atoms with Crippen molar-refractivity contribution in [1.82, 2.24) is 4.98 Å². The zero-order valence-electron chi connectivity index (χ0n) is 10.4. The Bertz CT molecular complexity index is 787. The molecule has 0 bridgehead atoms. The average molecular weight is 271 g/mol. The van der Waals surface area contributed by atoms with Crippen molar-refractivity contribution in [3.05, 3.63) is 60.4 Å². The number of hydrogen-bond acceptors (Lipinski definition) is 3. The fourth-order valence-corrected chi connectivity index (χ4v) is 2.05. The van der Waals surface area contributed by atoms with Crippen molar-refractivity contribution in [1.29, 1.82) is 0 Å². The van der Waals surface area contributed by atoms with Crippen molar-refractivity contribution >= 4 is 27.8 Å². The predicted octanol–water partition coefficient (Wildman–Crippen LogP) is 3.84. The number of rotatable bonds is 2. The minimum absolute atomic E-state index is 0.465. The third-order valence-corrected chi connectivity index (χ3v) is 3.05. The van der Waals surface area contributed by atoms with Crippen molar-refractivity contribution in [3.8, 4) is 0 Å². The molecule has 0 atom stereocenters. The van der Waals surface area contributed by atoms with Gasteiger partial charge in [0.15, 0.2) is 11.6 Å². The predicted molar refractivity (Wildman–Crippen MR) is 75.8 cm³/mol. The van der Waals surface area contributed by atoms with Gasteiger partial charge in [0, 0.05) is 46.3 Å². The van der Waals surface area contributed by atoms with Crippen LogP contribution in [0.15, 0.2) is 48.8 Å². The highest BCUT2D eigenvalue weighted by molar-refractivity contribution is 6.01. The third kappa shape index (κ3) is 2.14. The van der Waals surface area contributed by atoms with E-state index in [1.807, 2.05) is 6.07 Å². The van der Waals surface area contributed by atoms with E-state index >= 15 is 0 Å². The lowest BCUT2D eigenvalue weighted by Gasteiger charge is -2.11. The molecular formula is C15H11F2N3. The van der Waals surface area contributed by atoms with Crippen molar-refractivity contribution in [3.63, 3.8) is 0 Å². The quantitative estimate of drug-likeness (QED) is 0.696. The number of nitrogens with two attached hydrogens (primary N) is 1. The maximum Gasteiger partial charge on any atom is 0.160 e. The van der Waals surface area contributed by atoms with Gasteiger partial charge in [-0.05, 0) is 30.3 Å². The third-order valence-electron chi connectivity index (χ3n) is 3.05. The Hall–Kier alpha value is -2.69. The highest BCUT2D eigenvalue weighted by Gasteiger charge is 2.06. The van der Waals surface area contributed by atoms with E-state index in [2.05, 4.69) is 10.3 Å². The fourth-order valence-electron chi connectivity index (χ4n) is 2.05. The van der Waals surface area contributed by atoms with E-state index < -0.39 is 11.6 Å². The summed E-state index contributed by atoms with van der Waals surface area (Å²) in [6, 6.07) is 9.01. The number of benzene rings is 2. The molecule has 5 heteroatoms. The van der Waals surface area contributed by atoms with Gasteiger partial charge in [-0.25, -0.2) is 8.78 Å². The molecule has 3 N–H and O–H groups in total. The number of nitrogens with zero attached hydrogens (tertiary/aromatic N) is 1. The monoisotopic (exact) mass is 271 g/mol. The first kappa shape index (κ1) is 12.3. The molecule has 3 rings (SSSR count). The van der Waals surface area contributed by atoms with E-state index in [1.165, 1.54) is 6.07 Å². The van der Waals surface area contributed by atoms with Gasteiger partial charge in [-0.15, -0.1) is 0 Å². The number of pyridine rings is 1. The molecule has 0 spiro atoms. The second kappa shape index (κ2) is 4.77. The molecule has 0 fully saturated rings. The molecule has 0 aliphatic carbocycles. The lowest BCUT2D eigenvalue weighted by atomic mass is 10.1. The van der Waals surface area contributed by atoms with E-state index in [0.29, 0.717) is 11.4 Å². The summed E-state index contributed by atoms with van der Waals surface area (Å²) >= 11 is 0. The number of halogens is 2. The van der Waals surface area contributed by atoms with E-state index in [4.69, 9.17) is 5.73 Å². The summed E-state index contributed by atoms with van der Waals surface area (Å²) in [4.78, 5) is 4.03. The number of nitrogens with one attached hydrogen (secondary N) is 1. The number of aromatic nitrogens is 1. The van der Waals surface area contributed by atoms with Crippen LogP contribution in [-0.2, 0) is 0 Å².